The zero-order valence-electron chi connectivity index (χ0n) is 10.9. The molecule has 0 aliphatic heterocycles. The lowest BCUT2D eigenvalue weighted by molar-refractivity contribution is -0.119. The van der Waals surface area contributed by atoms with E-state index in [4.69, 9.17) is 23.2 Å². The van der Waals surface area contributed by atoms with Gasteiger partial charge in [-0.25, -0.2) is 0 Å². The van der Waals surface area contributed by atoms with Gasteiger partial charge in [0.2, 0.25) is 10.6 Å². The van der Waals surface area contributed by atoms with E-state index in [1.807, 2.05) is 24.3 Å². The molecule has 0 spiro atoms. The molecular weight excluding hydrogens is 329 g/mol. The molecule has 1 fully saturated rings. The van der Waals surface area contributed by atoms with E-state index in [0.29, 0.717) is 23.3 Å². The maximum Gasteiger partial charge on any atom is 0.227 e. The van der Waals surface area contributed by atoms with E-state index in [1.165, 1.54) is 11.8 Å². The topological polar surface area (TPSA) is 55.7 Å². The lowest BCUT2D eigenvalue weighted by Gasteiger charge is -2.03. The number of carbonyl (C=O) groups is 1. The van der Waals surface area contributed by atoms with Crippen molar-refractivity contribution >= 4 is 40.7 Å². The fourth-order valence-corrected chi connectivity index (χ4v) is 3.10. The number of rotatable bonds is 5. The Morgan fingerprint density at radius 2 is 1.71 bits per heavy atom. The predicted molar refractivity (Wildman–Crippen MR) is 81.8 cm³/mol. The van der Waals surface area contributed by atoms with Crippen LogP contribution in [0.2, 0.25) is 10.6 Å². The zero-order valence-corrected chi connectivity index (χ0v) is 13.3. The summed E-state index contributed by atoms with van der Waals surface area (Å²) in [4.78, 5) is 24.4. The van der Waals surface area contributed by atoms with Crippen molar-refractivity contribution in [1.82, 2.24) is 15.0 Å². The molecule has 21 heavy (non-hydrogen) atoms. The van der Waals surface area contributed by atoms with E-state index in [1.54, 1.807) is 0 Å². The van der Waals surface area contributed by atoms with E-state index in [2.05, 4.69) is 15.0 Å². The Morgan fingerprint density at radius 3 is 2.29 bits per heavy atom. The lowest BCUT2D eigenvalue weighted by Crippen LogP contribution is -2.04. The van der Waals surface area contributed by atoms with Crippen LogP contribution in [-0.4, -0.2) is 20.7 Å². The van der Waals surface area contributed by atoms with Crippen molar-refractivity contribution in [3.63, 3.8) is 0 Å². The molecule has 0 atom stereocenters. The van der Waals surface area contributed by atoms with Crippen molar-refractivity contribution in [2.75, 3.05) is 0 Å². The van der Waals surface area contributed by atoms with Crippen molar-refractivity contribution in [2.45, 2.75) is 29.3 Å². The number of nitrogens with zero attached hydrogens (tertiary/aromatic N) is 3. The number of Topliss-reactive ketones (excluding diaryl/α,β-unsaturated/α-hetero) is 1. The van der Waals surface area contributed by atoms with Gasteiger partial charge in [0.05, 0.1) is 0 Å². The smallest absolute Gasteiger partial charge is 0.227 e. The average Bonchev–Trinajstić information content (AvgIpc) is 3.24. The Bertz CT molecular complexity index is 654. The minimum atomic E-state index is 0.0733. The quantitative estimate of drug-likeness (QED) is 0.827. The first-order valence-electron chi connectivity index (χ1n) is 6.47. The highest BCUT2D eigenvalue weighted by molar-refractivity contribution is 7.99. The fourth-order valence-electron chi connectivity index (χ4n) is 1.89. The highest BCUT2D eigenvalue weighted by Crippen LogP contribution is 2.31. The molecule has 4 nitrogen and oxygen atoms in total. The summed E-state index contributed by atoms with van der Waals surface area (Å²) in [6.07, 6.45) is 2.61. The Morgan fingerprint density at radius 1 is 1.10 bits per heavy atom. The third kappa shape index (κ3) is 4.15. The van der Waals surface area contributed by atoms with Gasteiger partial charge in [-0.1, -0.05) is 12.1 Å². The second-order valence-corrected chi connectivity index (χ2v) is 6.54. The van der Waals surface area contributed by atoms with Crippen LogP contribution in [0.3, 0.4) is 0 Å². The molecule has 0 amide bonds. The van der Waals surface area contributed by atoms with Gasteiger partial charge in [-0.3, -0.25) is 4.79 Å². The molecular formula is C14H11Cl2N3OS. The molecule has 1 saturated carbocycles. The Balaban J connectivity index is 1.67. The van der Waals surface area contributed by atoms with Gasteiger partial charge in [0.1, 0.15) is 5.78 Å². The molecule has 0 unspecified atom stereocenters. The molecule has 1 aliphatic rings. The largest absolute Gasteiger partial charge is 0.299 e. The number of hydrogen-bond donors (Lipinski definition) is 0. The molecule has 3 rings (SSSR count). The Hall–Kier alpha value is -1.17. The Labute approximate surface area is 136 Å². The SMILES string of the molecule is O=C(Cc1ccc(Sc2nc(Cl)nc(Cl)n2)cc1)C1CC1. The molecule has 7 heteroatoms. The molecule has 0 bridgehead atoms. The summed E-state index contributed by atoms with van der Waals surface area (Å²) < 4.78 is 0. The van der Waals surface area contributed by atoms with E-state index in [9.17, 15) is 4.79 Å². The van der Waals surface area contributed by atoms with Crippen LogP contribution < -0.4 is 0 Å². The minimum Gasteiger partial charge on any atom is -0.299 e. The van der Waals surface area contributed by atoms with Crippen LogP contribution in [0.1, 0.15) is 18.4 Å². The minimum absolute atomic E-state index is 0.0733. The van der Waals surface area contributed by atoms with E-state index in [-0.39, 0.29) is 10.6 Å². The first-order chi connectivity index (χ1) is 10.1. The molecule has 108 valence electrons. The van der Waals surface area contributed by atoms with Crippen molar-refractivity contribution in [1.29, 1.82) is 0 Å². The van der Waals surface area contributed by atoms with Crippen LogP contribution in [-0.2, 0) is 11.2 Å². The fraction of sp³-hybridized carbons (Fsp3) is 0.286. The first-order valence-corrected chi connectivity index (χ1v) is 8.04. The van der Waals surface area contributed by atoms with Gasteiger partial charge in [0, 0.05) is 17.2 Å². The zero-order chi connectivity index (χ0) is 14.8. The van der Waals surface area contributed by atoms with Crippen LogP contribution in [0.25, 0.3) is 0 Å². The monoisotopic (exact) mass is 339 g/mol. The van der Waals surface area contributed by atoms with Gasteiger partial charge in [-0.15, -0.1) is 0 Å². The highest BCUT2D eigenvalue weighted by Gasteiger charge is 2.28. The number of hydrogen-bond acceptors (Lipinski definition) is 5. The third-order valence-corrected chi connectivity index (χ3v) is 4.31. The first kappa shape index (κ1) is 14.8. The van der Waals surface area contributed by atoms with Crippen LogP contribution >= 0.6 is 35.0 Å². The molecule has 1 aromatic carbocycles. The summed E-state index contributed by atoms with van der Waals surface area (Å²) >= 11 is 12.8. The molecule has 2 aromatic rings. The van der Waals surface area contributed by atoms with Gasteiger partial charge >= 0.3 is 0 Å². The number of aromatic nitrogens is 3. The second-order valence-electron chi connectivity index (χ2n) is 4.82. The van der Waals surface area contributed by atoms with Crippen LogP contribution in [0.4, 0.5) is 0 Å². The maximum atomic E-state index is 11.8. The normalized spacial score (nSPS) is 14.2. The number of ketones is 1. The van der Waals surface area contributed by atoms with Crippen LogP contribution in [0.15, 0.2) is 34.3 Å². The summed E-state index contributed by atoms with van der Waals surface area (Å²) in [5.41, 5.74) is 1.03. The number of carbonyl (C=O) groups excluding carboxylic acids is 1. The summed E-state index contributed by atoms with van der Waals surface area (Å²) in [7, 11) is 0. The molecule has 0 N–H and O–H groups in total. The molecule has 0 saturated heterocycles. The summed E-state index contributed by atoms with van der Waals surface area (Å²) in [5.74, 6) is 0.639. The van der Waals surface area contributed by atoms with Gasteiger partial charge < -0.3 is 0 Å². The summed E-state index contributed by atoms with van der Waals surface area (Å²) in [6, 6.07) is 7.78. The predicted octanol–water partition coefficient (Wildman–Crippen LogP) is 3.85. The van der Waals surface area contributed by atoms with E-state index in [0.717, 1.165) is 23.3 Å². The summed E-state index contributed by atoms with van der Waals surface area (Å²) in [6.45, 7) is 0. The maximum absolute atomic E-state index is 11.8. The molecule has 1 aromatic heterocycles. The van der Waals surface area contributed by atoms with E-state index < -0.39 is 0 Å². The number of halogens is 2. The summed E-state index contributed by atoms with van der Waals surface area (Å²) in [5, 5.41) is 0.593. The molecule has 1 aliphatic carbocycles. The third-order valence-electron chi connectivity index (χ3n) is 3.10. The van der Waals surface area contributed by atoms with Gasteiger partial charge in [0.25, 0.3) is 0 Å². The van der Waals surface area contributed by atoms with Crippen molar-refractivity contribution in [3.8, 4) is 0 Å². The van der Waals surface area contributed by atoms with E-state index >= 15 is 0 Å². The standard InChI is InChI=1S/C14H11Cl2N3OS/c15-12-17-13(16)19-14(18-12)21-10-5-1-8(2-6-10)7-11(20)9-3-4-9/h1-2,5-6,9H,3-4,7H2. The Kier molecular flexibility index (Phi) is 4.42. The van der Waals surface area contributed by atoms with Crippen LogP contribution in [0.5, 0.6) is 0 Å². The lowest BCUT2D eigenvalue weighted by atomic mass is 10.1. The van der Waals surface area contributed by atoms with Crippen molar-refractivity contribution in [2.24, 2.45) is 5.92 Å². The van der Waals surface area contributed by atoms with Gasteiger partial charge in [-0.2, -0.15) is 15.0 Å². The molecule has 1 heterocycles. The number of benzene rings is 1. The van der Waals surface area contributed by atoms with Crippen molar-refractivity contribution in [3.05, 3.63) is 40.4 Å². The molecule has 0 radical (unpaired) electrons. The van der Waals surface area contributed by atoms with Crippen LogP contribution in [0, 0.1) is 5.92 Å². The highest BCUT2D eigenvalue weighted by atomic mass is 35.5. The van der Waals surface area contributed by atoms with Gasteiger partial charge in [-0.05, 0) is 65.5 Å². The van der Waals surface area contributed by atoms with Gasteiger partial charge in [0.15, 0.2) is 5.16 Å². The second kappa shape index (κ2) is 6.30. The van der Waals surface area contributed by atoms with Crippen molar-refractivity contribution < 1.29 is 4.79 Å². The average molecular weight is 340 g/mol.